The van der Waals surface area contributed by atoms with Gasteiger partial charge in [0, 0.05) is 12.6 Å². The predicted octanol–water partition coefficient (Wildman–Crippen LogP) is 1.23. The van der Waals surface area contributed by atoms with E-state index in [0.29, 0.717) is 0 Å². The summed E-state index contributed by atoms with van der Waals surface area (Å²) in [6.07, 6.45) is 2.09. The van der Waals surface area contributed by atoms with E-state index in [1.165, 1.54) is 0 Å². The van der Waals surface area contributed by atoms with E-state index in [-0.39, 0.29) is 29.8 Å². The van der Waals surface area contributed by atoms with Gasteiger partial charge in [-0.05, 0) is 45.7 Å². The molecule has 2 rings (SSSR count). The molecule has 5 nitrogen and oxygen atoms in total. The van der Waals surface area contributed by atoms with Gasteiger partial charge in [-0.2, -0.15) is 0 Å². The fraction of sp³-hybridized carbons (Fsp3) is 0.875. The molecule has 0 spiro atoms. The van der Waals surface area contributed by atoms with Crippen LogP contribution in [0.5, 0.6) is 0 Å². The van der Waals surface area contributed by atoms with E-state index in [1.54, 1.807) is 13.8 Å². The largest absolute Gasteiger partial charge is 0.340 e. The van der Waals surface area contributed by atoms with Gasteiger partial charge < -0.3 is 15.1 Å². The first-order chi connectivity index (χ1) is 9.77. The Morgan fingerprint density at radius 1 is 1.33 bits per heavy atom. The molecule has 5 heteroatoms. The first-order valence-corrected chi connectivity index (χ1v) is 8.15. The van der Waals surface area contributed by atoms with Gasteiger partial charge in [-0.3, -0.25) is 9.59 Å². The Bertz CT molecular complexity index is 420. The highest BCUT2D eigenvalue weighted by molar-refractivity contribution is 5.99. The van der Waals surface area contributed by atoms with Crippen LogP contribution in [0, 0.1) is 5.92 Å². The Balaban J connectivity index is 2.30. The summed E-state index contributed by atoms with van der Waals surface area (Å²) in [6.45, 7) is 12.8. The van der Waals surface area contributed by atoms with Crippen LogP contribution in [-0.4, -0.2) is 58.9 Å². The van der Waals surface area contributed by atoms with Crippen molar-refractivity contribution in [2.24, 2.45) is 5.92 Å². The summed E-state index contributed by atoms with van der Waals surface area (Å²) in [5.74, 6) is 0.175. The van der Waals surface area contributed by atoms with Crippen molar-refractivity contribution in [3.05, 3.63) is 0 Å². The lowest BCUT2D eigenvalue weighted by atomic mass is 9.88. The number of rotatable bonds is 3. The zero-order valence-corrected chi connectivity index (χ0v) is 14.0. The second kappa shape index (κ2) is 5.95. The maximum Gasteiger partial charge on any atom is 0.248 e. The molecule has 0 aliphatic carbocycles. The Morgan fingerprint density at radius 2 is 2.00 bits per heavy atom. The molecule has 0 aromatic rings. The number of piperazine rings is 1. The van der Waals surface area contributed by atoms with Crippen LogP contribution < -0.4 is 5.32 Å². The van der Waals surface area contributed by atoms with E-state index in [4.69, 9.17) is 0 Å². The van der Waals surface area contributed by atoms with Gasteiger partial charge >= 0.3 is 0 Å². The summed E-state index contributed by atoms with van der Waals surface area (Å²) in [5, 5.41) is 2.89. The number of likely N-dealkylation sites (tertiary alicyclic amines) is 1. The number of hydrogen-bond acceptors (Lipinski definition) is 3. The summed E-state index contributed by atoms with van der Waals surface area (Å²) in [7, 11) is 0. The molecular weight excluding hydrogens is 266 g/mol. The quantitative estimate of drug-likeness (QED) is 0.852. The number of amides is 2. The van der Waals surface area contributed by atoms with E-state index in [9.17, 15) is 9.59 Å². The average molecular weight is 295 g/mol. The highest BCUT2D eigenvalue weighted by atomic mass is 16.2. The van der Waals surface area contributed by atoms with Crippen LogP contribution in [0.1, 0.15) is 47.5 Å². The molecule has 0 aromatic carbocycles. The molecule has 0 bridgehead atoms. The molecule has 120 valence electrons. The highest BCUT2D eigenvalue weighted by Gasteiger charge is 2.49. The second-order valence-electron chi connectivity index (χ2n) is 7.20. The summed E-state index contributed by atoms with van der Waals surface area (Å²) in [6, 6.07) is -0.184. The average Bonchev–Trinajstić information content (AvgIpc) is 2.41. The predicted molar refractivity (Wildman–Crippen MR) is 82.8 cm³/mol. The number of hydrogen-bond donors (Lipinski definition) is 1. The number of carbonyl (C=O) groups is 2. The zero-order chi connectivity index (χ0) is 15.8. The molecule has 2 heterocycles. The van der Waals surface area contributed by atoms with Gasteiger partial charge in [0.1, 0.15) is 11.6 Å². The van der Waals surface area contributed by atoms with E-state index in [2.05, 4.69) is 17.1 Å². The maximum atomic E-state index is 12.9. The molecule has 2 saturated heterocycles. The summed E-state index contributed by atoms with van der Waals surface area (Å²) in [4.78, 5) is 29.6. The first-order valence-electron chi connectivity index (χ1n) is 8.15. The molecule has 2 amide bonds. The van der Waals surface area contributed by atoms with Crippen LogP contribution in [0.25, 0.3) is 0 Å². The fourth-order valence-corrected chi connectivity index (χ4v) is 3.57. The van der Waals surface area contributed by atoms with Crippen molar-refractivity contribution in [1.82, 2.24) is 15.1 Å². The zero-order valence-electron chi connectivity index (χ0n) is 14.0. The molecule has 2 fully saturated rings. The van der Waals surface area contributed by atoms with Crippen molar-refractivity contribution >= 4 is 11.8 Å². The lowest BCUT2D eigenvalue weighted by molar-refractivity contribution is -0.159. The Labute approximate surface area is 128 Å². The molecule has 0 saturated carbocycles. The third kappa shape index (κ3) is 3.07. The smallest absolute Gasteiger partial charge is 0.248 e. The molecule has 21 heavy (non-hydrogen) atoms. The Kier molecular flexibility index (Phi) is 4.61. The van der Waals surface area contributed by atoms with E-state index in [1.807, 2.05) is 18.7 Å². The van der Waals surface area contributed by atoms with E-state index < -0.39 is 5.54 Å². The Hall–Kier alpha value is -1.10. The molecule has 0 aromatic heterocycles. The minimum atomic E-state index is -0.795. The molecule has 2 unspecified atom stereocenters. The van der Waals surface area contributed by atoms with Crippen LogP contribution >= 0.6 is 0 Å². The van der Waals surface area contributed by atoms with Gasteiger partial charge in [0.25, 0.3) is 0 Å². The highest BCUT2D eigenvalue weighted by Crippen LogP contribution is 2.28. The minimum absolute atomic E-state index is 0.0109. The van der Waals surface area contributed by atoms with Gasteiger partial charge in [0.2, 0.25) is 11.8 Å². The number of likely N-dealkylation sites (N-methyl/N-ethyl adjacent to an activating group) is 1. The molecular formula is C16H29N3O2. The summed E-state index contributed by atoms with van der Waals surface area (Å²) < 4.78 is 0. The summed E-state index contributed by atoms with van der Waals surface area (Å²) >= 11 is 0. The molecule has 2 atom stereocenters. The normalized spacial score (nSPS) is 30.7. The fourth-order valence-electron chi connectivity index (χ4n) is 3.57. The van der Waals surface area contributed by atoms with Crippen molar-refractivity contribution in [3.8, 4) is 0 Å². The van der Waals surface area contributed by atoms with Crippen molar-refractivity contribution in [2.45, 2.75) is 65.1 Å². The van der Waals surface area contributed by atoms with Crippen molar-refractivity contribution < 1.29 is 9.59 Å². The standard InChI is InChI=1S/C16H29N3O2/c1-6-18-9-7-8-12(10-18)19-13(11(2)3)14(20)17-16(4,5)15(19)21/h11-13H,6-10H2,1-5H3,(H,17,20). The van der Waals surface area contributed by atoms with Crippen LogP contribution in [0.2, 0.25) is 0 Å². The number of carbonyl (C=O) groups excluding carboxylic acids is 2. The lowest BCUT2D eigenvalue weighted by Crippen LogP contribution is -2.72. The monoisotopic (exact) mass is 295 g/mol. The van der Waals surface area contributed by atoms with Crippen molar-refractivity contribution in [1.29, 1.82) is 0 Å². The van der Waals surface area contributed by atoms with Gasteiger partial charge in [0.05, 0.1) is 0 Å². The van der Waals surface area contributed by atoms with E-state index in [0.717, 1.165) is 32.5 Å². The second-order valence-corrected chi connectivity index (χ2v) is 7.20. The van der Waals surface area contributed by atoms with Crippen LogP contribution in [0.3, 0.4) is 0 Å². The van der Waals surface area contributed by atoms with Crippen LogP contribution in [-0.2, 0) is 9.59 Å². The summed E-state index contributed by atoms with van der Waals surface area (Å²) in [5.41, 5.74) is -0.795. The third-order valence-electron chi connectivity index (χ3n) is 4.73. The van der Waals surface area contributed by atoms with Crippen LogP contribution in [0.15, 0.2) is 0 Å². The van der Waals surface area contributed by atoms with Crippen molar-refractivity contribution in [3.63, 3.8) is 0 Å². The molecule has 1 N–H and O–H groups in total. The molecule has 2 aliphatic rings. The topological polar surface area (TPSA) is 52.6 Å². The number of nitrogens with one attached hydrogen (secondary N) is 1. The SMILES string of the molecule is CCN1CCCC(N2C(=O)C(C)(C)NC(=O)C2C(C)C)C1. The van der Waals surface area contributed by atoms with Crippen molar-refractivity contribution in [2.75, 3.05) is 19.6 Å². The van der Waals surface area contributed by atoms with Gasteiger partial charge in [-0.1, -0.05) is 20.8 Å². The number of piperidine rings is 1. The minimum Gasteiger partial charge on any atom is -0.340 e. The van der Waals surface area contributed by atoms with Gasteiger partial charge in [-0.25, -0.2) is 0 Å². The molecule has 2 aliphatic heterocycles. The van der Waals surface area contributed by atoms with Gasteiger partial charge in [-0.15, -0.1) is 0 Å². The van der Waals surface area contributed by atoms with E-state index >= 15 is 0 Å². The lowest BCUT2D eigenvalue weighted by Gasteiger charge is -2.50. The third-order valence-corrected chi connectivity index (χ3v) is 4.73. The number of nitrogens with zero attached hydrogens (tertiary/aromatic N) is 2. The van der Waals surface area contributed by atoms with Gasteiger partial charge in [0.15, 0.2) is 0 Å². The Morgan fingerprint density at radius 3 is 2.57 bits per heavy atom. The maximum absolute atomic E-state index is 12.9. The molecule has 0 radical (unpaired) electrons. The first kappa shape index (κ1) is 16.3. The van der Waals surface area contributed by atoms with Crippen LogP contribution in [0.4, 0.5) is 0 Å².